The molecule has 0 bridgehead atoms. The maximum absolute atomic E-state index is 13.4. The topological polar surface area (TPSA) is 85.5 Å². The van der Waals surface area contributed by atoms with Gasteiger partial charge in [0.1, 0.15) is 23.7 Å². The highest BCUT2D eigenvalue weighted by Gasteiger charge is 2.12. The van der Waals surface area contributed by atoms with Crippen molar-refractivity contribution in [2.24, 2.45) is 0 Å². The SMILES string of the molecule is Nc1cc2c(Nc3ccc(F)c(Cl)c3)ncnc2cc1OCCCN1CCOCC1. The van der Waals surface area contributed by atoms with Crippen LogP contribution in [0.25, 0.3) is 10.9 Å². The number of halogens is 2. The standard InChI is InChI=1S/C21H23ClFN5O2/c22-16-10-14(2-3-17(16)23)27-21-15-11-18(24)20(12-19(15)25-13-26-21)30-7-1-4-28-5-8-29-9-6-28/h2-3,10-13H,1,4-9,24H2,(H,25,26,27). The van der Waals surface area contributed by atoms with Crippen LogP contribution in [0.1, 0.15) is 6.42 Å². The van der Waals surface area contributed by atoms with E-state index in [2.05, 4.69) is 20.2 Å². The smallest absolute Gasteiger partial charge is 0.144 e. The fourth-order valence-corrected chi connectivity index (χ4v) is 3.51. The molecule has 1 fully saturated rings. The number of hydrogen-bond acceptors (Lipinski definition) is 7. The van der Waals surface area contributed by atoms with Crippen molar-refractivity contribution in [3.05, 3.63) is 47.5 Å². The first-order valence-electron chi connectivity index (χ1n) is 9.79. The predicted molar refractivity (Wildman–Crippen MR) is 116 cm³/mol. The number of rotatable bonds is 7. The van der Waals surface area contributed by atoms with Gasteiger partial charge in [-0.05, 0) is 30.7 Å². The molecule has 0 amide bonds. The van der Waals surface area contributed by atoms with Crippen molar-refractivity contribution in [2.75, 3.05) is 50.5 Å². The molecule has 0 saturated carbocycles. The van der Waals surface area contributed by atoms with Gasteiger partial charge in [0, 0.05) is 36.8 Å². The largest absolute Gasteiger partial charge is 0.491 e. The lowest BCUT2D eigenvalue weighted by molar-refractivity contribution is 0.0358. The molecule has 9 heteroatoms. The molecule has 2 heterocycles. The van der Waals surface area contributed by atoms with Crippen LogP contribution in [0, 0.1) is 5.82 Å². The number of nitrogens with zero attached hydrogens (tertiary/aromatic N) is 3. The van der Waals surface area contributed by atoms with Gasteiger partial charge in [-0.3, -0.25) is 4.90 Å². The lowest BCUT2D eigenvalue weighted by Gasteiger charge is -2.26. The second kappa shape index (κ2) is 9.42. The van der Waals surface area contributed by atoms with Crippen LogP contribution in [-0.2, 0) is 4.74 Å². The molecule has 3 aromatic rings. The molecule has 4 rings (SSSR count). The van der Waals surface area contributed by atoms with E-state index in [1.54, 1.807) is 12.1 Å². The first-order chi connectivity index (χ1) is 14.6. The van der Waals surface area contributed by atoms with Gasteiger partial charge in [0.15, 0.2) is 0 Å². The van der Waals surface area contributed by atoms with E-state index >= 15 is 0 Å². The molecule has 7 nitrogen and oxygen atoms in total. The van der Waals surface area contributed by atoms with E-state index in [4.69, 9.17) is 26.8 Å². The van der Waals surface area contributed by atoms with Crippen LogP contribution in [-0.4, -0.2) is 54.3 Å². The zero-order chi connectivity index (χ0) is 20.9. The first kappa shape index (κ1) is 20.6. The predicted octanol–water partition coefficient (Wildman–Crippen LogP) is 3.85. The fourth-order valence-electron chi connectivity index (χ4n) is 3.33. The van der Waals surface area contributed by atoms with E-state index in [0.717, 1.165) is 44.7 Å². The minimum Gasteiger partial charge on any atom is -0.491 e. The third-order valence-electron chi connectivity index (χ3n) is 4.93. The minimum absolute atomic E-state index is 0.0330. The molecule has 158 valence electrons. The maximum Gasteiger partial charge on any atom is 0.144 e. The molecule has 0 radical (unpaired) electrons. The van der Waals surface area contributed by atoms with Gasteiger partial charge in [-0.25, -0.2) is 14.4 Å². The number of hydrogen-bond donors (Lipinski definition) is 2. The number of ether oxygens (including phenoxy) is 2. The molecule has 0 spiro atoms. The molecule has 3 N–H and O–H groups in total. The summed E-state index contributed by atoms with van der Waals surface area (Å²) in [5, 5.41) is 3.90. The van der Waals surface area contributed by atoms with Crippen molar-refractivity contribution < 1.29 is 13.9 Å². The van der Waals surface area contributed by atoms with Crippen molar-refractivity contribution in [3.8, 4) is 5.75 Å². The normalized spacial score (nSPS) is 14.7. The zero-order valence-corrected chi connectivity index (χ0v) is 17.2. The quantitative estimate of drug-likeness (QED) is 0.434. The van der Waals surface area contributed by atoms with Crippen LogP contribution in [0.4, 0.5) is 21.6 Å². The Balaban J connectivity index is 1.45. The number of nitrogen functional groups attached to an aromatic ring is 1. The molecule has 0 unspecified atom stereocenters. The summed E-state index contributed by atoms with van der Waals surface area (Å²) >= 11 is 5.86. The van der Waals surface area contributed by atoms with Gasteiger partial charge in [-0.2, -0.15) is 0 Å². The molecular weight excluding hydrogens is 409 g/mol. The number of aromatic nitrogens is 2. The van der Waals surface area contributed by atoms with Crippen LogP contribution < -0.4 is 15.8 Å². The average Bonchev–Trinajstić information content (AvgIpc) is 2.75. The monoisotopic (exact) mass is 431 g/mol. The Kier molecular flexibility index (Phi) is 6.47. The number of benzene rings is 2. The molecule has 0 aliphatic carbocycles. The number of nitrogens with two attached hydrogens (primary N) is 1. The molecule has 1 aliphatic rings. The molecular formula is C21H23ClFN5O2. The second-order valence-electron chi connectivity index (χ2n) is 7.04. The van der Waals surface area contributed by atoms with Gasteiger partial charge in [0.2, 0.25) is 0 Å². The maximum atomic E-state index is 13.4. The Morgan fingerprint density at radius 3 is 2.83 bits per heavy atom. The summed E-state index contributed by atoms with van der Waals surface area (Å²) in [6.07, 6.45) is 2.35. The molecule has 2 aromatic carbocycles. The van der Waals surface area contributed by atoms with Gasteiger partial charge in [-0.15, -0.1) is 0 Å². The van der Waals surface area contributed by atoms with E-state index in [1.807, 2.05) is 6.07 Å². The van der Waals surface area contributed by atoms with Gasteiger partial charge in [-0.1, -0.05) is 11.6 Å². The number of anilines is 3. The summed E-state index contributed by atoms with van der Waals surface area (Å²) < 4.78 is 24.7. The summed E-state index contributed by atoms with van der Waals surface area (Å²) in [4.78, 5) is 11.0. The Bertz CT molecular complexity index is 1030. The summed E-state index contributed by atoms with van der Waals surface area (Å²) in [6.45, 7) is 5.04. The Morgan fingerprint density at radius 1 is 1.20 bits per heavy atom. The summed E-state index contributed by atoms with van der Waals surface area (Å²) in [7, 11) is 0. The third-order valence-corrected chi connectivity index (χ3v) is 5.22. The van der Waals surface area contributed by atoms with Crippen LogP contribution in [0.3, 0.4) is 0 Å². The van der Waals surface area contributed by atoms with Crippen LogP contribution in [0.5, 0.6) is 5.75 Å². The summed E-state index contributed by atoms with van der Waals surface area (Å²) in [5.74, 6) is 0.668. The second-order valence-corrected chi connectivity index (χ2v) is 7.45. The van der Waals surface area contributed by atoms with Crippen molar-refractivity contribution in [1.29, 1.82) is 0 Å². The summed E-state index contributed by atoms with van der Waals surface area (Å²) in [6, 6.07) is 7.97. The first-order valence-corrected chi connectivity index (χ1v) is 10.2. The lowest BCUT2D eigenvalue weighted by atomic mass is 10.2. The number of fused-ring (bicyclic) bond motifs is 1. The molecule has 0 atom stereocenters. The fraction of sp³-hybridized carbons (Fsp3) is 0.333. The Labute approximate surface area is 179 Å². The zero-order valence-electron chi connectivity index (χ0n) is 16.4. The third kappa shape index (κ3) is 4.89. The van der Waals surface area contributed by atoms with Gasteiger partial charge in [0.25, 0.3) is 0 Å². The van der Waals surface area contributed by atoms with Crippen LogP contribution in [0.15, 0.2) is 36.7 Å². The summed E-state index contributed by atoms with van der Waals surface area (Å²) in [5.41, 5.74) is 8.02. The van der Waals surface area contributed by atoms with E-state index < -0.39 is 5.82 Å². The molecule has 1 saturated heterocycles. The van der Waals surface area contributed by atoms with Crippen molar-refractivity contribution in [3.63, 3.8) is 0 Å². The van der Waals surface area contributed by atoms with Crippen molar-refractivity contribution in [1.82, 2.24) is 14.9 Å². The number of morpholine rings is 1. The van der Waals surface area contributed by atoms with E-state index in [0.29, 0.717) is 35.1 Å². The molecule has 1 aliphatic heterocycles. The van der Waals surface area contributed by atoms with Gasteiger partial charge in [0.05, 0.1) is 36.0 Å². The highest BCUT2D eigenvalue weighted by atomic mass is 35.5. The number of nitrogens with one attached hydrogen (secondary N) is 1. The van der Waals surface area contributed by atoms with Crippen LogP contribution >= 0.6 is 11.6 Å². The molecule has 30 heavy (non-hydrogen) atoms. The van der Waals surface area contributed by atoms with Gasteiger partial charge >= 0.3 is 0 Å². The van der Waals surface area contributed by atoms with Gasteiger partial charge < -0.3 is 20.5 Å². The van der Waals surface area contributed by atoms with E-state index in [-0.39, 0.29) is 5.02 Å². The highest BCUT2D eigenvalue weighted by Crippen LogP contribution is 2.32. The Morgan fingerprint density at radius 2 is 2.03 bits per heavy atom. The average molecular weight is 432 g/mol. The van der Waals surface area contributed by atoms with E-state index in [9.17, 15) is 4.39 Å². The van der Waals surface area contributed by atoms with Crippen molar-refractivity contribution in [2.45, 2.75) is 6.42 Å². The highest BCUT2D eigenvalue weighted by molar-refractivity contribution is 6.31. The van der Waals surface area contributed by atoms with Crippen molar-refractivity contribution >= 4 is 39.7 Å². The Hall–Kier alpha value is -2.68. The van der Waals surface area contributed by atoms with Crippen LogP contribution in [0.2, 0.25) is 5.02 Å². The minimum atomic E-state index is -0.477. The van der Waals surface area contributed by atoms with E-state index in [1.165, 1.54) is 18.5 Å². The molecule has 1 aromatic heterocycles. The lowest BCUT2D eigenvalue weighted by Crippen LogP contribution is -2.37.